The summed E-state index contributed by atoms with van der Waals surface area (Å²) in [6, 6.07) is 8.48. The summed E-state index contributed by atoms with van der Waals surface area (Å²) < 4.78 is 4.89. The van der Waals surface area contributed by atoms with E-state index in [1.165, 1.54) is 11.3 Å². The molecule has 0 saturated carbocycles. The molecule has 0 aliphatic carbocycles. The van der Waals surface area contributed by atoms with Crippen LogP contribution in [-0.4, -0.2) is 24.2 Å². The van der Waals surface area contributed by atoms with Crippen molar-refractivity contribution in [3.63, 3.8) is 0 Å². The van der Waals surface area contributed by atoms with Gasteiger partial charge in [0.25, 0.3) is 5.91 Å². The summed E-state index contributed by atoms with van der Waals surface area (Å²) >= 11 is 7.34. The Morgan fingerprint density at radius 1 is 1.41 bits per heavy atom. The van der Waals surface area contributed by atoms with Gasteiger partial charge in [0.2, 0.25) is 0 Å². The first-order chi connectivity index (χ1) is 10.6. The molecule has 7 heteroatoms. The number of esters is 1. The molecule has 0 spiro atoms. The molecule has 2 heterocycles. The molecule has 1 aromatic carbocycles. The van der Waals surface area contributed by atoms with E-state index in [0.29, 0.717) is 21.2 Å². The van der Waals surface area contributed by atoms with Crippen molar-refractivity contribution in [3.05, 3.63) is 51.2 Å². The van der Waals surface area contributed by atoms with Gasteiger partial charge in [-0.2, -0.15) is 0 Å². The molecule has 1 saturated heterocycles. The van der Waals surface area contributed by atoms with Gasteiger partial charge in [0.1, 0.15) is 12.3 Å². The zero-order valence-corrected chi connectivity index (χ0v) is 12.8. The molecule has 0 unspecified atom stereocenters. The maximum atomic E-state index is 12.2. The molecule has 5 nitrogen and oxygen atoms in total. The fourth-order valence-corrected chi connectivity index (χ4v) is 3.03. The molecule has 1 amide bonds. The Kier molecular flexibility index (Phi) is 3.96. The Bertz CT molecular complexity index is 758. The van der Waals surface area contributed by atoms with E-state index in [4.69, 9.17) is 21.7 Å². The third-order valence-electron chi connectivity index (χ3n) is 3.33. The molecule has 0 bridgehead atoms. The van der Waals surface area contributed by atoms with Crippen LogP contribution in [0.1, 0.15) is 21.2 Å². The van der Waals surface area contributed by atoms with Crippen LogP contribution in [0.3, 0.4) is 0 Å². The molecular formula is C15H11ClN2O3S. The standard InChI is InChI=1S/C15H11ClN2O3S/c16-8-3-4-11(18-14(19)12-2-1-5-22-12)9(6-8)10-7-21-15(20)13(10)17/h1-6,10,17H,7H2,(H,18,19)/t10-/m0/s1. The van der Waals surface area contributed by atoms with Crippen molar-refractivity contribution in [3.8, 4) is 0 Å². The van der Waals surface area contributed by atoms with Crippen LogP contribution in [0.5, 0.6) is 0 Å². The number of carbonyl (C=O) groups excluding carboxylic acids is 2. The molecule has 2 aromatic rings. The Balaban J connectivity index is 1.93. The molecule has 1 aromatic heterocycles. The summed E-state index contributed by atoms with van der Waals surface area (Å²) in [5, 5.41) is 12.9. The number of thiophene rings is 1. The van der Waals surface area contributed by atoms with E-state index in [9.17, 15) is 9.59 Å². The highest BCUT2D eigenvalue weighted by Crippen LogP contribution is 2.32. The maximum absolute atomic E-state index is 12.2. The van der Waals surface area contributed by atoms with Gasteiger partial charge < -0.3 is 10.1 Å². The first kappa shape index (κ1) is 14.7. The van der Waals surface area contributed by atoms with Crippen LogP contribution in [0.25, 0.3) is 0 Å². The average molecular weight is 335 g/mol. The number of amides is 1. The highest BCUT2D eigenvalue weighted by atomic mass is 35.5. The zero-order chi connectivity index (χ0) is 15.7. The van der Waals surface area contributed by atoms with Crippen molar-refractivity contribution in [2.24, 2.45) is 0 Å². The number of benzene rings is 1. The second kappa shape index (κ2) is 5.90. The number of carbonyl (C=O) groups is 2. The average Bonchev–Trinajstić information content (AvgIpc) is 3.13. The van der Waals surface area contributed by atoms with E-state index in [1.54, 1.807) is 30.3 Å². The second-order valence-electron chi connectivity index (χ2n) is 4.73. The van der Waals surface area contributed by atoms with Crippen molar-refractivity contribution >= 4 is 46.2 Å². The summed E-state index contributed by atoms with van der Waals surface area (Å²) in [6.07, 6.45) is 0. The third kappa shape index (κ3) is 2.75. The second-order valence-corrected chi connectivity index (χ2v) is 6.11. The highest BCUT2D eigenvalue weighted by molar-refractivity contribution is 7.12. The molecule has 0 radical (unpaired) electrons. The molecule has 1 aliphatic rings. The van der Waals surface area contributed by atoms with Crippen LogP contribution < -0.4 is 5.32 Å². The van der Waals surface area contributed by atoms with Crippen molar-refractivity contribution < 1.29 is 14.3 Å². The lowest BCUT2D eigenvalue weighted by Crippen LogP contribution is -2.17. The predicted octanol–water partition coefficient (Wildman–Crippen LogP) is 3.31. The SMILES string of the molecule is N=C1C(=O)OC[C@H]1c1cc(Cl)ccc1NC(=O)c1cccs1. The minimum absolute atomic E-state index is 0.0832. The predicted molar refractivity (Wildman–Crippen MR) is 85.2 cm³/mol. The van der Waals surface area contributed by atoms with Gasteiger partial charge in [-0.3, -0.25) is 10.2 Å². The summed E-state index contributed by atoms with van der Waals surface area (Å²) in [7, 11) is 0. The molecule has 3 rings (SSSR count). The lowest BCUT2D eigenvalue weighted by molar-refractivity contribution is -0.132. The highest BCUT2D eigenvalue weighted by Gasteiger charge is 2.34. The Labute approximate surface area is 135 Å². The van der Waals surface area contributed by atoms with Crippen LogP contribution in [-0.2, 0) is 9.53 Å². The van der Waals surface area contributed by atoms with E-state index in [2.05, 4.69) is 5.32 Å². The van der Waals surface area contributed by atoms with Crippen LogP contribution in [0.2, 0.25) is 5.02 Å². The summed E-state index contributed by atoms with van der Waals surface area (Å²) in [6.45, 7) is 0.0832. The van der Waals surface area contributed by atoms with Gasteiger partial charge in [0.05, 0.1) is 10.8 Å². The monoisotopic (exact) mass is 334 g/mol. The number of halogens is 1. The minimum Gasteiger partial charge on any atom is -0.460 e. The molecule has 1 fully saturated rings. The number of nitrogens with one attached hydrogen (secondary N) is 2. The van der Waals surface area contributed by atoms with Crippen molar-refractivity contribution in [1.82, 2.24) is 0 Å². The maximum Gasteiger partial charge on any atom is 0.352 e. The van der Waals surface area contributed by atoms with Gasteiger partial charge in [0.15, 0.2) is 0 Å². The van der Waals surface area contributed by atoms with E-state index >= 15 is 0 Å². The van der Waals surface area contributed by atoms with E-state index in [-0.39, 0.29) is 18.2 Å². The third-order valence-corrected chi connectivity index (χ3v) is 4.44. The zero-order valence-electron chi connectivity index (χ0n) is 11.3. The Morgan fingerprint density at radius 2 is 2.23 bits per heavy atom. The Morgan fingerprint density at radius 3 is 2.86 bits per heavy atom. The number of cyclic esters (lactones) is 1. The van der Waals surface area contributed by atoms with Crippen molar-refractivity contribution in [1.29, 1.82) is 5.41 Å². The van der Waals surface area contributed by atoms with Gasteiger partial charge in [0, 0.05) is 10.7 Å². The van der Waals surface area contributed by atoms with Gasteiger partial charge in [-0.25, -0.2) is 4.79 Å². The van der Waals surface area contributed by atoms with Crippen LogP contribution >= 0.6 is 22.9 Å². The van der Waals surface area contributed by atoms with Crippen LogP contribution in [0.4, 0.5) is 5.69 Å². The van der Waals surface area contributed by atoms with Crippen molar-refractivity contribution in [2.75, 3.05) is 11.9 Å². The molecule has 1 atom stereocenters. The van der Waals surface area contributed by atoms with Gasteiger partial charge in [-0.1, -0.05) is 17.7 Å². The van der Waals surface area contributed by atoms with Crippen LogP contribution in [0.15, 0.2) is 35.7 Å². The minimum atomic E-state index is -0.638. The molecule has 2 N–H and O–H groups in total. The lowest BCUT2D eigenvalue weighted by atomic mass is 9.95. The largest absolute Gasteiger partial charge is 0.460 e. The normalized spacial score (nSPS) is 17.4. The number of ether oxygens (including phenoxy) is 1. The van der Waals surface area contributed by atoms with Gasteiger partial charge in [-0.15, -0.1) is 11.3 Å². The summed E-state index contributed by atoms with van der Waals surface area (Å²) in [4.78, 5) is 24.2. The molecule has 1 aliphatic heterocycles. The fourth-order valence-electron chi connectivity index (χ4n) is 2.24. The van der Waals surface area contributed by atoms with Crippen molar-refractivity contribution in [2.45, 2.75) is 5.92 Å². The van der Waals surface area contributed by atoms with E-state index in [0.717, 1.165) is 0 Å². The number of rotatable bonds is 3. The molecular weight excluding hydrogens is 324 g/mol. The van der Waals surface area contributed by atoms with E-state index in [1.807, 2.05) is 5.38 Å². The topological polar surface area (TPSA) is 79.2 Å². The number of hydrogen-bond acceptors (Lipinski definition) is 5. The molecule has 112 valence electrons. The number of anilines is 1. The first-order valence-electron chi connectivity index (χ1n) is 6.46. The quantitative estimate of drug-likeness (QED) is 0.845. The summed E-state index contributed by atoms with van der Waals surface area (Å²) in [5.74, 6) is -1.40. The first-order valence-corrected chi connectivity index (χ1v) is 7.72. The smallest absolute Gasteiger partial charge is 0.352 e. The lowest BCUT2D eigenvalue weighted by Gasteiger charge is -2.14. The number of hydrogen-bond donors (Lipinski definition) is 2. The van der Waals surface area contributed by atoms with Crippen LogP contribution in [0, 0.1) is 5.41 Å². The van der Waals surface area contributed by atoms with E-state index < -0.39 is 11.9 Å². The molecule has 22 heavy (non-hydrogen) atoms. The Hall–Kier alpha value is -2.18. The van der Waals surface area contributed by atoms with Gasteiger partial charge in [-0.05, 0) is 35.2 Å². The fraction of sp³-hybridized carbons (Fsp3) is 0.133. The summed E-state index contributed by atoms with van der Waals surface area (Å²) in [5.41, 5.74) is 0.998. The van der Waals surface area contributed by atoms with Gasteiger partial charge >= 0.3 is 5.97 Å².